The minimum Gasteiger partial charge on any atom is -0.300 e. The second-order valence-corrected chi connectivity index (χ2v) is 9.81. The van der Waals surface area contributed by atoms with E-state index in [-0.39, 0.29) is 47.3 Å². The number of carbonyl (C=O) groups excluding carboxylic acids is 4. The highest BCUT2D eigenvalue weighted by Gasteiger charge is 2.33. The van der Waals surface area contributed by atoms with Gasteiger partial charge in [-0.25, -0.2) is 0 Å². The molecule has 0 aromatic heterocycles. The Morgan fingerprint density at radius 2 is 1.64 bits per heavy atom. The molecule has 0 heterocycles. The van der Waals surface area contributed by atoms with Crippen LogP contribution in [-0.4, -0.2) is 23.1 Å². The monoisotopic (exact) mass is 456 g/mol. The van der Waals surface area contributed by atoms with Crippen molar-refractivity contribution in [3.05, 3.63) is 34.4 Å². The Labute approximate surface area is 200 Å². The second-order valence-electron chi connectivity index (χ2n) is 9.81. The van der Waals surface area contributed by atoms with Crippen molar-refractivity contribution in [3.63, 3.8) is 0 Å². The van der Waals surface area contributed by atoms with Crippen molar-refractivity contribution in [1.29, 1.82) is 0 Å². The SMILES string of the molecule is CCC.CCCC(CC1CC(=O)c2c(ccc(CC(C)=O)c2C)C1)C(CC)C(=O)CC(C)=O. The van der Waals surface area contributed by atoms with E-state index in [1.165, 1.54) is 13.3 Å². The summed E-state index contributed by atoms with van der Waals surface area (Å²) >= 11 is 0. The fourth-order valence-corrected chi connectivity index (χ4v) is 5.23. The lowest BCUT2D eigenvalue weighted by Crippen LogP contribution is -2.30. The van der Waals surface area contributed by atoms with Gasteiger partial charge in [-0.3, -0.25) is 19.2 Å². The van der Waals surface area contributed by atoms with Crippen molar-refractivity contribution >= 4 is 23.1 Å². The molecule has 3 unspecified atom stereocenters. The normalized spacial score (nSPS) is 16.8. The fraction of sp³-hybridized carbons (Fsp3) is 0.655. The Morgan fingerprint density at radius 3 is 2.15 bits per heavy atom. The highest BCUT2D eigenvalue weighted by molar-refractivity contribution is 6.01. The van der Waals surface area contributed by atoms with Gasteiger partial charge in [-0.1, -0.05) is 59.1 Å². The van der Waals surface area contributed by atoms with E-state index >= 15 is 0 Å². The third-order valence-corrected chi connectivity index (χ3v) is 6.51. The number of hydrogen-bond acceptors (Lipinski definition) is 4. The van der Waals surface area contributed by atoms with Crippen molar-refractivity contribution in [2.75, 3.05) is 0 Å². The molecule has 33 heavy (non-hydrogen) atoms. The Kier molecular flexibility index (Phi) is 12.5. The van der Waals surface area contributed by atoms with E-state index in [2.05, 4.69) is 20.8 Å². The predicted molar refractivity (Wildman–Crippen MR) is 135 cm³/mol. The molecule has 0 saturated carbocycles. The number of ketones is 4. The maximum absolute atomic E-state index is 13.0. The van der Waals surface area contributed by atoms with Crippen LogP contribution < -0.4 is 0 Å². The van der Waals surface area contributed by atoms with Crippen LogP contribution in [0.3, 0.4) is 0 Å². The van der Waals surface area contributed by atoms with Crippen LogP contribution in [-0.2, 0) is 27.2 Å². The largest absolute Gasteiger partial charge is 0.300 e. The van der Waals surface area contributed by atoms with Crippen LogP contribution in [0.4, 0.5) is 0 Å². The summed E-state index contributed by atoms with van der Waals surface area (Å²) in [5.74, 6) is 0.557. The van der Waals surface area contributed by atoms with Crippen molar-refractivity contribution in [2.24, 2.45) is 17.8 Å². The summed E-state index contributed by atoms with van der Waals surface area (Å²) in [5, 5.41) is 0. The van der Waals surface area contributed by atoms with Crippen LogP contribution in [0.15, 0.2) is 12.1 Å². The first-order valence-electron chi connectivity index (χ1n) is 12.7. The minimum atomic E-state index is -0.106. The van der Waals surface area contributed by atoms with Crippen molar-refractivity contribution < 1.29 is 19.2 Å². The first kappa shape index (κ1) is 28.9. The van der Waals surface area contributed by atoms with Crippen LogP contribution in [0.5, 0.6) is 0 Å². The second kappa shape index (κ2) is 14.2. The van der Waals surface area contributed by atoms with Gasteiger partial charge in [0.05, 0.1) is 6.42 Å². The van der Waals surface area contributed by atoms with E-state index in [4.69, 9.17) is 0 Å². The van der Waals surface area contributed by atoms with Gasteiger partial charge < -0.3 is 0 Å². The third-order valence-electron chi connectivity index (χ3n) is 6.51. The van der Waals surface area contributed by atoms with Crippen LogP contribution in [0.1, 0.15) is 114 Å². The van der Waals surface area contributed by atoms with Gasteiger partial charge in [0, 0.05) is 24.3 Å². The van der Waals surface area contributed by atoms with E-state index in [1.807, 2.05) is 26.0 Å². The average molecular weight is 457 g/mol. The zero-order valence-corrected chi connectivity index (χ0v) is 21.9. The molecule has 0 spiro atoms. The number of fused-ring (bicyclic) bond motifs is 1. The molecular weight excluding hydrogens is 412 g/mol. The Hall–Kier alpha value is -2.10. The first-order chi connectivity index (χ1) is 15.6. The summed E-state index contributed by atoms with van der Waals surface area (Å²) in [6.45, 7) is 13.4. The zero-order chi connectivity index (χ0) is 25.1. The van der Waals surface area contributed by atoms with Crippen molar-refractivity contribution in [2.45, 2.75) is 106 Å². The molecule has 1 aromatic carbocycles. The summed E-state index contributed by atoms with van der Waals surface area (Å²) < 4.78 is 0. The lowest BCUT2D eigenvalue weighted by Gasteiger charge is -2.32. The molecule has 4 nitrogen and oxygen atoms in total. The molecule has 0 bridgehead atoms. The Morgan fingerprint density at radius 1 is 1.00 bits per heavy atom. The quantitative estimate of drug-likeness (QED) is 0.349. The Balaban J connectivity index is 0.00000172. The van der Waals surface area contributed by atoms with Gasteiger partial charge in [0.1, 0.15) is 17.3 Å². The fourth-order valence-electron chi connectivity index (χ4n) is 5.23. The number of carbonyl (C=O) groups is 4. The molecule has 1 aliphatic carbocycles. The summed E-state index contributed by atoms with van der Waals surface area (Å²) in [6.07, 6.45) is 6.47. The standard InChI is InChI=1S/C26H36O4.C3H8/c1-6-8-21(23(7-2)24(29)12-17(4)28)13-19-14-22-10-9-20(11-16(3)27)18(5)26(22)25(30)15-19;1-3-2/h9-10,19,21,23H,6-8,11-15H2,1-5H3;3H2,1-2H3. The number of hydrogen-bond donors (Lipinski definition) is 0. The summed E-state index contributed by atoms with van der Waals surface area (Å²) in [6, 6.07) is 4.00. The predicted octanol–water partition coefficient (Wildman–Crippen LogP) is 6.67. The maximum Gasteiger partial charge on any atom is 0.163 e. The van der Waals surface area contributed by atoms with Gasteiger partial charge in [0.25, 0.3) is 0 Å². The van der Waals surface area contributed by atoms with Gasteiger partial charge in [0.2, 0.25) is 0 Å². The van der Waals surface area contributed by atoms with E-state index in [9.17, 15) is 19.2 Å². The molecule has 0 fully saturated rings. The van der Waals surface area contributed by atoms with E-state index < -0.39 is 0 Å². The molecule has 0 radical (unpaired) electrons. The van der Waals surface area contributed by atoms with Crippen molar-refractivity contribution in [3.8, 4) is 0 Å². The molecule has 0 saturated heterocycles. The van der Waals surface area contributed by atoms with Crippen LogP contribution >= 0.6 is 0 Å². The number of rotatable bonds is 11. The summed E-state index contributed by atoms with van der Waals surface area (Å²) in [5.41, 5.74) is 3.76. The lowest BCUT2D eigenvalue weighted by atomic mass is 9.72. The van der Waals surface area contributed by atoms with Crippen LogP contribution in [0.2, 0.25) is 0 Å². The average Bonchev–Trinajstić information content (AvgIpc) is 2.70. The molecular formula is C29H44O4. The van der Waals surface area contributed by atoms with E-state index in [0.29, 0.717) is 12.8 Å². The zero-order valence-electron chi connectivity index (χ0n) is 21.9. The van der Waals surface area contributed by atoms with E-state index in [1.54, 1.807) is 6.92 Å². The molecule has 1 aromatic rings. The molecule has 0 amide bonds. The van der Waals surface area contributed by atoms with Gasteiger partial charge in [-0.2, -0.15) is 0 Å². The molecule has 0 N–H and O–H groups in total. The van der Waals surface area contributed by atoms with Gasteiger partial charge >= 0.3 is 0 Å². The third kappa shape index (κ3) is 8.64. The highest BCUT2D eigenvalue weighted by Crippen LogP contribution is 2.37. The maximum atomic E-state index is 13.0. The Bertz CT molecular complexity index is 836. The summed E-state index contributed by atoms with van der Waals surface area (Å²) in [4.78, 5) is 48.7. The smallest absolute Gasteiger partial charge is 0.163 e. The minimum absolute atomic E-state index is 0.0171. The van der Waals surface area contributed by atoms with Gasteiger partial charge in [-0.15, -0.1) is 0 Å². The van der Waals surface area contributed by atoms with Crippen molar-refractivity contribution in [1.82, 2.24) is 0 Å². The topological polar surface area (TPSA) is 68.3 Å². The highest BCUT2D eigenvalue weighted by atomic mass is 16.1. The number of Topliss-reactive ketones (excluding diaryl/α,β-unsaturated/α-hetero) is 4. The lowest BCUT2D eigenvalue weighted by molar-refractivity contribution is -0.130. The molecule has 0 aliphatic heterocycles. The molecule has 3 atom stereocenters. The summed E-state index contributed by atoms with van der Waals surface area (Å²) in [7, 11) is 0. The molecule has 4 heteroatoms. The molecule has 2 rings (SSSR count). The first-order valence-corrected chi connectivity index (χ1v) is 12.7. The van der Waals surface area contributed by atoms with E-state index in [0.717, 1.165) is 54.4 Å². The van der Waals surface area contributed by atoms with Gasteiger partial charge in [-0.05, 0) is 68.6 Å². The molecule has 1 aliphatic rings. The van der Waals surface area contributed by atoms with Crippen LogP contribution in [0, 0.1) is 24.7 Å². The number of benzene rings is 1. The van der Waals surface area contributed by atoms with Crippen LogP contribution in [0.25, 0.3) is 0 Å². The van der Waals surface area contributed by atoms with Gasteiger partial charge in [0.15, 0.2) is 5.78 Å². The molecule has 184 valence electrons.